The van der Waals surface area contributed by atoms with E-state index in [0.717, 1.165) is 11.4 Å². The van der Waals surface area contributed by atoms with E-state index in [1.54, 1.807) is 7.11 Å². The first-order valence-electron chi connectivity index (χ1n) is 6.10. The van der Waals surface area contributed by atoms with Gasteiger partial charge in [-0.3, -0.25) is 0 Å². The fourth-order valence-corrected chi connectivity index (χ4v) is 1.67. The van der Waals surface area contributed by atoms with Gasteiger partial charge < -0.3 is 10.1 Å². The van der Waals surface area contributed by atoms with Crippen molar-refractivity contribution in [1.29, 1.82) is 0 Å². The Hall–Kier alpha value is -1.18. The SMILES string of the molecule is COc1cc(C(C)(C)C)ccc1NC(C)(C)C. The van der Waals surface area contributed by atoms with Crippen LogP contribution in [-0.2, 0) is 5.41 Å². The van der Waals surface area contributed by atoms with Gasteiger partial charge in [-0.15, -0.1) is 0 Å². The maximum absolute atomic E-state index is 5.46. The van der Waals surface area contributed by atoms with Crippen LogP contribution in [0.4, 0.5) is 5.69 Å². The molecule has 0 unspecified atom stereocenters. The van der Waals surface area contributed by atoms with E-state index >= 15 is 0 Å². The number of methoxy groups -OCH3 is 1. The minimum Gasteiger partial charge on any atom is -0.495 e. The largest absolute Gasteiger partial charge is 0.495 e. The molecule has 17 heavy (non-hydrogen) atoms. The van der Waals surface area contributed by atoms with Crippen LogP contribution in [0.25, 0.3) is 0 Å². The summed E-state index contributed by atoms with van der Waals surface area (Å²) in [7, 11) is 1.72. The van der Waals surface area contributed by atoms with Crippen molar-refractivity contribution in [2.45, 2.75) is 52.5 Å². The zero-order valence-electron chi connectivity index (χ0n) is 12.1. The van der Waals surface area contributed by atoms with E-state index in [4.69, 9.17) is 4.74 Å². The van der Waals surface area contributed by atoms with Gasteiger partial charge in [0.25, 0.3) is 0 Å². The molecule has 0 heterocycles. The van der Waals surface area contributed by atoms with Crippen LogP contribution < -0.4 is 10.1 Å². The molecule has 0 bridgehead atoms. The van der Waals surface area contributed by atoms with Crippen molar-refractivity contribution in [3.8, 4) is 5.75 Å². The lowest BCUT2D eigenvalue weighted by atomic mass is 9.87. The van der Waals surface area contributed by atoms with Crippen LogP contribution in [0.2, 0.25) is 0 Å². The number of ether oxygens (including phenoxy) is 1. The topological polar surface area (TPSA) is 21.3 Å². The molecule has 0 radical (unpaired) electrons. The summed E-state index contributed by atoms with van der Waals surface area (Å²) in [5.41, 5.74) is 2.52. The molecule has 2 nitrogen and oxygen atoms in total. The van der Waals surface area contributed by atoms with Crippen molar-refractivity contribution < 1.29 is 4.74 Å². The Labute approximate surface area is 105 Å². The monoisotopic (exact) mass is 235 g/mol. The highest BCUT2D eigenvalue weighted by Crippen LogP contribution is 2.32. The van der Waals surface area contributed by atoms with Crippen LogP contribution in [0.3, 0.4) is 0 Å². The molecular formula is C15H25NO. The van der Waals surface area contributed by atoms with Crippen LogP contribution in [-0.4, -0.2) is 12.6 Å². The highest BCUT2D eigenvalue weighted by atomic mass is 16.5. The lowest BCUT2D eigenvalue weighted by Crippen LogP contribution is -2.26. The summed E-state index contributed by atoms with van der Waals surface area (Å²) in [6.07, 6.45) is 0. The molecule has 0 aliphatic rings. The van der Waals surface area contributed by atoms with Gasteiger partial charge in [-0.1, -0.05) is 26.8 Å². The third-order valence-electron chi connectivity index (χ3n) is 2.58. The first-order valence-corrected chi connectivity index (χ1v) is 6.10. The second kappa shape index (κ2) is 4.59. The quantitative estimate of drug-likeness (QED) is 0.829. The van der Waals surface area contributed by atoms with E-state index in [2.05, 4.69) is 65.1 Å². The predicted molar refractivity (Wildman–Crippen MR) is 75.1 cm³/mol. The Morgan fingerprint density at radius 1 is 1.00 bits per heavy atom. The van der Waals surface area contributed by atoms with Gasteiger partial charge in [0.2, 0.25) is 0 Å². The van der Waals surface area contributed by atoms with Crippen LogP contribution in [0, 0.1) is 0 Å². The highest BCUT2D eigenvalue weighted by Gasteiger charge is 2.18. The van der Waals surface area contributed by atoms with Crippen molar-refractivity contribution in [2.75, 3.05) is 12.4 Å². The van der Waals surface area contributed by atoms with Gasteiger partial charge in [0.1, 0.15) is 5.75 Å². The molecule has 0 amide bonds. The van der Waals surface area contributed by atoms with Gasteiger partial charge in [0.05, 0.1) is 12.8 Å². The van der Waals surface area contributed by atoms with E-state index in [1.807, 2.05) is 0 Å². The van der Waals surface area contributed by atoms with E-state index in [0.29, 0.717) is 0 Å². The summed E-state index contributed by atoms with van der Waals surface area (Å²) in [6.45, 7) is 13.0. The maximum Gasteiger partial charge on any atom is 0.142 e. The molecule has 1 N–H and O–H groups in total. The molecule has 0 aromatic heterocycles. The summed E-state index contributed by atoms with van der Waals surface area (Å²) >= 11 is 0. The van der Waals surface area contributed by atoms with E-state index in [1.165, 1.54) is 5.56 Å². The molecule has 96 valence electrons. The average molecular weight is 235 g/mol. The lowest BCUT2D eigenvalue weighted by molar-refractivity contribution is 0.413. The van der Waals surface area contributed by atoms with Gasteiger partial charge in [0, 0.05) is 5.54 Å². The van der Waals surface area contributed by atoms with Crippen molar-refractivity contribution >= 4 is 5.69 Å². The Kier molecular flexibility index (Phi) is 3.75. The maximum atomic E-state index is 5.46. The Morgan fingerprint density at radius 3 is 2.00 bits per heavy atom. The number of rotatable bonds is 2. The molecule has 2 heteroatoms. The fourth-order valence-electron chi connectivity index (χ4n) is 1.67. The van der Waals surface area contributed by atoms with E-state index in [-0.39, 0.29) is 11.0 Å². The van der Waals surface area contributed by atoms with E-state index in [9.17, 15) is 0 Å². The van der Waals surface area contributed by atoms with Crippen LogP contribution in [0.15, 0.2) is 18.2 Å². The molecule has 0 fully saturated rings. The standard InChI is InChI=1S/C15H25NO/c1-14(2,3)11-8-9-12(13(10-11)17-7)16-15(4,5)6/h8-10,16H,1-7H3. The number of hydrogen-bond donors (Lipinski definition) is 1. The Bertz CT molecular complexity index is 383. The summed E-state index contributed by atoms with van der Waals surface area (Å²) in [6, 6.07) is 6.38. The van der Waals surface area contributed by atoms with E-state index < -0.39 is 0 Å². The number of hydrogen-bond acceptors (Lipinski definition) is 2. The van der Waals surface area contributed by atoms with Gasteiger partial charge in [-0.2, -0.15) is 0 Å². The fraction of sp³-hybridized carbons (Fsp3) is 0.600. The molecule has 0 spiro atoms. The summed E-state index contributed by atoms with van der Waals surface area (Å²) < 4.78 is 5.46. The Balaban J connectivity index is 3.10. The van der Waals surface area contributed by atoms with Crippen LogP contribution in [0.1, 0.15) is 47.1 Å². The molecule has 1 aromatic rings. The van der Waals surface area contributed by atoms with Crippen molar-refractivity contribution in [1.82, 2.24) is 0 Å². The molecule has 0 atom stereocenters. The zero-order valence-corrected chi connectivity index (χ0v) is 12.1. The third-order valence-corrected chi connectivity index (χ3v) is 2.58. The first kappa shape index (κ1) is 13.9. The zero-order chi connectivity index (χ0) is 13.3. The van der Waals surface area contributed by atoms with Gasteiger partial charge >= 0.3 is 0 Å². The van der Waals surface area contributed by atoms with Gasteiger partial charge in [0.15, 0.2) is 0 Å². The van der Waals surface area contributed by atoms with Gasteiger partial charge in [-0.05, 0) is 43.9 Å². The number of anilines is 1. The second-order valence-corrected chi connectivity index (χ2v) is 6.54. The lowest BCUT2D eigenvalue weighted by Gasteiger charge is -2.26. The molecule has 1 aromatic carbocycles. The van der Waals surface area contributed by atoms with Crippen LogP contribution in [0.5, 0.6) is 5.75 Å². The molecule has 0 saturated carbocycles. The molecule has 0 aliphatic heterocycles. The predicted octanol–water partition coefficient (Wildman–Crippen LogP) is 4.20. The Morgan fingerprint density at radius 2 is 1.59 bits per heavy atom. The van der Waals surface area contributed by atoms with Gasteiger partial charge in [-0.25, -0.2) is 0 Å². The molecule has 0 aliphatic carbocycles. The van der Waals surface area contributed by atoms with Crippen molar-refractivity contribution in [2.24, 2.45) is 0 Å². The normalized spacial score (nSPS) is 12.4. The first-order chi connectivity index (χ1) is 7.63. The highest BCUT2D eigenvalue weighted by molar-refractivity contribution is 5.59. The smallest absolute Gasteiger partial charge is 0.142 e. The summed E-state index contributed by atoms with van der Waals surface area (Å²) in [5, 5.41) is 3.45. The van der Waals surface area contributed by atoms with Crippen molar-refractivity contribution in [3.05, 3.63) is 23.8 Å². The van der Waals surface area contributed by atoms with Crippen LogP contribution >= 0.6 is 0 Å². The third kappa shape index (κ3) is 3.95. The minimum absolute atomic E-state index is 0.0382. The summed E-state index contributed by atoms with van der Waals surface area (Å²) in [5.74, 6) is 0.910. The second-order valence-electron chi connectivity index (χ2n) is 6.54. The molecule has 1 rings (SSSR count). The molecule has 0 saturated heterocycles. The summed E-state index contributed by atoms with van der Waals surface area (Å²) in [4.78, 5) is 0. The average Bonchev–Trinajstić information content (AvgIpc) is 2.14. The minimum atomic E-state index is 0.0382. The van der Waals surface area contributed by atoms with Crippen molar-refractivity contribution in [3.63, 3.8) is 0 Å². The molecular weight excluding hydrogens is 210 g/mol. The number of benzene rings is 1. The number of nitrogens with one attached hydrogen (secondary N) is 1.